The third kappa shape index (κ3) is 7.92. The van der Waals surface area contributed by atoms with E-state index < -0.39 is 0 Å². The molecular weight excluding hydrogens is 252 g/mol. The molecular formula is C16H26N2O2. The van der Waals surface area contributed by atoms with Crippen molar-refractivity contribution in [2.75, 3.05) is 13.1 Å². The first-order chi connectivity index (χ1) is 9.51. The van der Waals surface area contributed by atoms with Gasteiger partial charge in [0.25, 0.3) is 6.47 Å². The highest BCUT2D eigenvalue weighted by Gasteiger charge is 2.14. The van der Waals surface area contributed by atoms with Crippen LogP contribution in [0.5, 0.6) is 0 Å². The average Bonchev–Trinajstić information content (AvgIpc) is 2.33. The summed E-state index contributed by atoms with van der Waals surface area (Å²) in [6, 6.07) is 11.2. The van der Waals surface area contributed by atoms with E-state index in [-0.39, 0.29) is 5.60 Å². The summed E-state index contributed by atoms with van der Waals surface area (Å²) >= 11 is 0. The monoisotopic (exact) mass is 278 g/mol. The maximum absolute atomic E-state index is 9.60. The maximum Gasteiger partial charge on any atom is 0.293 e. The largest absolute Gasteiger partial charge is 0.462 e. The molecule has 1 unspecified atom stereocenters. The van der Waals surface area contributed by atoms with Gasteiger partial charge in [-0.3, -0.25) is 4.79 Å². The van der Waals surface area contributed by atoms with Crippen LogP contribution in [0.25, 0.3) is 0 Å². The molecule has 1 aliphatic rings. The SMILES string of the molecule is CC(C)(C)OC=O.c1ccc(CNCC2CCN2)cc1. The van der Waals surface area contributed by atoms with Crippen molar-refractivity contribution in [3.63, 3.8) is 0 Å². The Bertz CT molecular complexity index is 370. The highest BCUT2D eigenvalue weighted by molar-refractivity contribution is 5.37. The molecule has 0 saturated carbocycles. The van der Waals surface area contributed by atoms with E-state index in [1.165, 1.54) is 18.5 Å². The van der Waals surface area contributed by atoms with Crippen molar-refractivity contribution in [1.29, 1.82) is 0 Å². The molecule has 0 radical (unpaired) electrons. The number of rotatable bonds is 5. The zero-order valence-electron chi connectivity index (χ0n) is 12.7. The standard InChI is InChI=1S/C11H16N2.C5H10O2/c1-2-4-10(5-3-1)8-12-9-11-6-7-13-11;1-5(2,3)7-4-6/h1-5,11-13H,6-9H2;4H,1-3H3. The fraction of sp³-hybridized carbons (Fsp3) is 0.562. The number of hydrogen-bond acceptors (Lipinski definition) is 4. The summed E-state index contributed by atoms with van der Waals surface area (Å²) in [5.41, 5.74) is 1.05. The molecule has 0 aliphatic carbocycles. The van der Waals surface area contributed by atoms with Crippen LogP contribution in [0, 0.1) is 0 Å². The molecule has 0 spiro atoms. The lowest BCUT2D eigenvalue weighted by Crippen LogP contribution is -2.48. The van der Waals surface area contributed by atoms with Crippen LogP contribution in [-0.4, -0.2) is 31.2 Å². The van der Waals surface area contributed by atoms with Crippen LogP contribution in [0.4, 0.5) is 0 Å². The molecule has 1 saturated heterocycles. The molecule has 1 fully saturated rings. The number of ether oxygens (including phenoxy) is 1. The molecule has 20 heavy (non-hydrogen) atoms. The summed E-state index contributed by atoms with van der Waals surface area (Å²) < 4.78 is 4.55. The van der Waals surface area contributed by atoms with Gasteiger partial charge >= 0.3 is 0 Å². The lowest BCUT2D eigenvalue weighted by atomic mass is 10.1. The van der Waals surface area contributed by atoms with Gasteiger partial charge in [-0.15, -0.1) is 0 Å². The number of nitrogens with one attached hydrogen (secondary N) is 2. The third-order valence-electron chi connectivity index (χ3n) is 2.89. The molecule has 0 amide bonds. The van der Waals surface area contributed by atoms with Gasteiger partial charge in [0, 0.05) is 19.1 Å². The smallest absolute Gasteiger partial charge is 0.293 e. The van der Waals surface area contributed by atoms with Gasteiger partial charge in [-0.2, -0.15) is 0 Å². The highest BCUT2D eigenvalue weighted by Crippen LogP contribution is 2.03. The first-order valence-corrected chi connectivity index (χ1v) is 7.11. The second-order valence-electron chi connectivity index (χ2n) is 5.88. The van der Waals surface area contributed by atoms with E-state index in [4.69, 9.17) is 0 Å². The van der Waals surface area contributed by atoms with Crippen LogP contribution in [0.3, 0.4) is 0 Å². The zero-order chi connectivity index (χ0) is 14.8. The molecule has 4 nitrogen and oxygen atoms in total. The Balaban J connectivity index is 0.000000246. The molecule has 1 heterocycles. The summed E-state index contributed by atoms with van der Waals surface area (Å²) in [6.07, 6.45) is 1.32. The van der Waals surface area contributed by atoms with Gasteiger partial charge in [-0.25, -0.2) is 0 Å². The van der Waals surface area contributed by atoms with Crippen LogP contribution in [0.1, 0.15) is 32.8 Å². The number of benzene rings is 1. The molecule has 4 heteroatoms. The van der Waals surface area contributed by atoms with Gasteiger partial charge in [-0.1, -0.05) is 30.3 Å². The number of carbonyl (C=O) groups excluding carboxylic acids is 1. The fourth-order valence-corrected chi connectivity index (χ4v) is 1.65. The predicted octanol–water partition coefficient (Wildman–Crippen LogP) is 2.10. The zero-order valence-corrected chi connectivity index (χ0v) is 12.7. The first-order valence-electron chi connectivity index (χ1n) is 7.11. The summed E-state index contributed by atoms with van der Waals surface area (Å²) in [4.78, 5) is 9.60. The highest BCUT2D eigenvalue weighted by atomic mass is 16.5. The minimum Gasteiger partial charge on any atom is -0.462 e. The lowest BCUT2D eigenvalue weighted by molar-refractivity contribution is -0.138. The molecule has 1 atom stereocenters. The van der Waals surface area contributed by atoms with Crippen molar-refractivity contribution >= 4 is 6.47 Å². The van der Waals surface area contributed by atoms with E-state index in [0.717, 1.165) is 13.1 Å². The second-order valence-corrected chi connectivity index (χ2v) is 5.88. The van der Waals surface area contributed by atoms with Crippen molar-refractivity contribution in [2.45, 2.75) is 45.4 Å². The molecule has 0 aromatic heterocycles. The number of hydrogen-bond donors (Lipinski definition) is 2. The molecule has 1 aromatic carbocycles. The minimum absolute atomic E-state index is 0.318. The Labute approximate surface area is 121 Å². The van der Waals surface area contributed by atoms with E-state index >= 15 is 0 Å². The Kier molecular flexibility index (Phi) is 7.26. The van der Waals surface area contributed by atoms with Crippen molar-refractivity contribution in [3.05, 3.63) is 35.9 Å². The fourth-order valence-electron chi connectivity index (χ4n) is 1.65. The van der Waals surface area contributed by atoms with E-state index in [2.05, 4.69) is 45.7 Å². The van der Waals surface area contributed by atoms with Gasteiger partial charge in [0.1, 0.15) is 5.60 Å². The molecule has 2 rings (SSSR count). The van der Waals surface area contributed by atoms with Gasteiger partial charge in [0.05, 0.1) is 0 Å². The van der Waals surface area contributed by atoms with Crippen molar-refractivity contribution in [2.24, 2.45) is 0 Å². The van der Waals surface area contributed by atoms with Crippen molar-refractivity contribution in [1.82, 2.24) is 10.6 Å². The van der Waals surface area contributed by atoms with Gasteiger partial charge in [-0.05, 0) is 39.3 Å². The van der Waals surface area contributed by atoms with E-state index in [0.29, 0.717) is 12.5 Å². The van der Waals surface area contributed by atoms with E-state index in [1.807, 2.05) is 20.8 Å². The molecule has 1 aliphatic heterocycles. The summed E-state index contributed by atoms with van der Waals surface area (Å²) in [6.45, 7) is 9.19. The quantitative estimate of drug-likeness (QED) is 0.810. The number of carbonyl (C=O) groups is 1. The summed E-state index contributed by atoms with van der Waals surface area (Å²) in [5.74, 6) is 0. The predicted molar refractivity (Wildman–Crippen MR) is 81.5 cm³/mol. The van der Waals surface area contributed by atoms with E-state index in [1.54, 1.807) is 0 Å². The summed E-state index contributed by atoms with van der Waals surface area (Å²) in [5, 5.41) is 6.81. The second kappa shape index (κ2) is 8.72. The first kappa shape index (κ1) is 16.7. The van der Waals surface area contributed by atoms with Crippen LogP contribution in [-0.2, 0) is 16.1 Å². The molecule has 2 N–H and O–H groups in total. The van der Waals surface area contributed by atoms with Crippen LogP contribution < -0.4 is 10.6 Å². The topological polar surface area (TPSA) is 50.4 Å². The van der Waals surface area contributed by atoms with Gasteiger partial charge in [0.15, 0.2) is 0 Å². The van der Waals surface area contributed by atoms with Crippen molar-refractivity contribution in [3.8, 4) is 0 Å². The molecule has 0 bridgehead atoms. The Morgan fingerprint density at radius 2 is 2.00 bits per heavy atom. The van der Waals surface area contributed by atoms with E-state index in [9.17, 15) is 4.79 Å². The molecule has 1 aromatic rings. The van der Waals surface area contributed by atoms with Crippen LogP contribution >= 0.6 is 0 Å². The minimum atomic E-state index is -0.318. The van der Waals surface area contributed by atoms with Gasteiger partial charge < -0.3 is 15.4 Å². The Hall–Kier alpha value is -1.39. The third-order valence-corrected chi connectivity index (χ3v) is 2.89. The summed E-state index contributed by atoms with van der Waals surface area (Å²) in [7, 11) is 0. The average molecular weight is 278 g/mol. The molecule has 112 valence electrons. The van der Waals surface area contributed by atoms with Crippen molar-refractivity contribution < 1.29 is 9.53 Å². The lowest BCUT2D eigenvalue weighted by Gasteiger charge is -2.27. The van der Waals surface area contributed by atoms with Gasteiger partial charge in [0.2, 0.25) is 0 Å². The Morgan fingerprint density at radius 3 is 2.40 bits per heavy atom. The Morgan fingerprint density at radius 1 is 1.35 bits per heavy atom. The van der Waals surface area contributed by atoms with Crippen LogP contribution in [0.15, 0.2) is 30.3 Å². The maximum atomic E-state index is 9.60. The normalized spacial score (nSPS) is 17.4. The van der Waals surface area contributed by atoms with Crippen LogP contribution in [0.2, 0.25) is 0 Å².